The monoisotopic (exact) mass is 468 g/mol. The van der Waals surface area contributed by atoms with Gasteiger partial charge in [0.1, 0.15) is 5.75 Å². The molecule has 2 heterocycles. The van der Waals surface area contributed by atoms with E-state index in [1.807, 2.05) is 18.2 Å². The molecule has 0 radical (unpaired) electrons. The smallest absolute Gasteiger partial charge is 0.257 e. The van der Waals surface area contributed by atoms with E-state index in [9.17, 15) is 13.2 Å². The molecule has 0 aliphatic carbocycles. The average molecular weight is 469 g/mol. The van der Waals surface area contributed by atoms with Crippen molar-refractivity contribution in [2.24, 2.45) is 0 Å². The summed E-state index contributed by atoms with van der Waals surface area (Å²) >= 11 is 0. The van der Waals surface area contributed by atoms with Crippen LogP contribution in [0.15, 0.2) is 53.4 Å². The first-order valence-electron chi connectivity index (χ1n) is 10.9. The standard InChI is InChI=1S/C24H28N4O4S/c1-4-27-10-12-28(13-11-27)33(30,31)21-7-5-6-19(16-21)26-24(29)22-15-18-14-20(32-3)8-9-23(18)25-17(22)2/h5-9,14-16H,4,10-13H2,1-3H3,(H,26,29). The van der Waals surface area contributed by atoms with Crippen LogP contribution in [0.1, 0.15) is 23.0 Å². The third kappa shape index (κ3) is 4.85. The number of piperazine rings is 1. The number of sulfonamides is 1. The molecule has 1 aliphatic rings. The van der Waals surface area contributed by atoms with Crippen LogP contribution >= 0.6 is 0 Å². The second-order valence-corrected chi connectivity index (χ2v) is 9.94. The van der Waals surface area contributed by atoms with Gasteiger partial charge in [-0.3, -0.25) is 9.78 Å². The summed E-state index contributed by atoms with van der Waals surface area (Å²) in [6, 6.07) is 13.6. The lowest BCUT2D eigenvalue weighted by atomic mass is 10.1. The van der Waals surface area contributed by atoms with E-state index in [-0.39, 0.29) is 10.8 Å². The Labute approximate surface area is 194 Å². The normalized spacial score (nSPS) is 15.5. The highest BCUT2D eigenvalue weighted by atomic mass is 32.2. The summed E-state index contributed by atoms with van der Waals surface area (Å²) in [7, 11) is -2.05. The zero-order valence-corrected chi connectivity index (χ0v) is 19.9. The number of aryl methyl sites for hydroxylation is 1. The number of likely N-dealkylation sites (N-methyl/N-ethyl adjacent to an activating group) is 1. The first-order chi connectivity index (χ1) is 15.8. The van der Waals surface area contributed by atoms with Gasteiger partial charge in [0.2, 0.25) is 10.0 Å². The molecule has 33 heavy (non-hydrogen) atoms. The summed E-state index contributed by atoms with van der Waals surface area (Å²) in [6.45, 7) is 7.09. The molecule has 0 saturated carbocycles. The van der Waals surface area contributed by atoms with Crippen LogP contribution in [-0.2, 0) is 10.0 Å². The zero-order chi connectivity index (χ0) is 23.6. The number of hydrogen-bond donors (Lipinski definition) is 1. The lowest BCUT2D eigenvalue weighted by Crippen LogP contribution is -2.48. The van der Waals surface area contributed by atoms with E-state index in [4.69, 9.17) is 4.74 Å². The van der Waals surface area contributed by atoms with Crippen molar-refractivity contribution in [3.8, 4) is 5.75 Å². The van der Waals surface area contributed by atoms with Crippen molar-refractivity contribution in [2.75, 3.05) is 45.2 Å². The van der Waals surface area contributed by atoms with Crippen LogP contribution in [0, 0.1) is 6.92 Å². The molecule has 3 aromatic rings. The van der Waals surface area contributed by atoms with E-state index in [0.29, 0.717) is 48.9 Å². The molecule has 0 unspecified atom stereocenters. The molecule has 1 saturated heterocycles. The molecule has 1 N–H and O–H groups in total. The number of carbonyl (C=O) groups excluding carboxylic acids is 1. The Bertz CT molecular complexity index is 1280. The fourth-order valence-corrected chi connectivity index (χ4v) is 5.44. The van der Waals surface area contributed by atoms with Gasteiger partial charge in [-0.25, -0.2) is 8.42 Å². The third-order valence-corrected chi connectivity index (χ3v) is 7.86. The van der Waals surface area contributed by atoms with E-state index in [2.05, 4.69) is 22.1 Å². The fourth-order valence-electron chi connectivity index (χ4n) is 3.98. The van der Waals surface area contributed by atoms with Gasteiger partial charge >= 0.3 is 0 Å². The molecule has 1 aromatic heterocycles. The summed E-state index contributed by atoms with van der Waals surface area (Å²) in [4.78, 5) is 19.9. The van der Waals surface area contributed by atoms with Crippen LogP contribution in [0.25, 0.3) is 10.9 Å². The minimum atomic E-state index is -3.63. The van der Waals surface area contributed by atoms with Crippen LogP contribution in [0.4, 0.5) is 5.69 Å². The number of rotatable bonds is 6. The van der Waals surface area contributed by atoms with Crippen molar-refractivity contribution in [1.82, 2.24) is 14.2 Å². The molecule has 174 valence electrons. The van der Waals surface area contributed by atoms with Crippen LogP contribution in [0.3, 0.4) is 0 Å². The van der Waals surface area contributed by atoms with Crippen LogP contribution in [0.2, 0.25) is 0 Å². The van der Waals surface area contributed by atoms with Gasteiger partial charge in [-0.15, -0.1) is 0 Å². The molecule has 4 rings (SSSR count). The van der Waals surface area contributed by atoms with Crippen molar-refractivity contribution in [2.45, 2.75) is 18.7 Å². The van der Waals surface area contributed by atoms with Crippen molar-refractivity contribution in [3.05, 3.63) is 59.8 Å². The van der Waals surface area contributed by atoms with Gasteiger partial charge in [-0.2, -0.15) is 4.31 Å². The Hall–Kier alpha value is -3.01. The third-order valence-electron chi connectivity index (χ3n) is 5.97. The number of fused-ring (bicyclic) bond motifs is 1. The molecular weight excluding hydrogens is 440 g/mol. The highest BCUT2D eigenvalue weighted by Crippen LogP contribution is 2.24. The number of ether oxygens (including phenoxy) is 1. The summed E-state index contributed by atoms with van der Waals surface area (Å²) < 4.78 is 33.0. The second-order valence-electron chi connectivity index (χ2n) is 8.00. The Morgan fingerprint density at radius 2 is 1.85 bits per heavy atom. The quantitative estimate of drug-likeness (QED) is 0.598. The number of carbonyl (C=O) groups is 1. The number of nitrogens with one attached hydrogen (secondary N) is 1. The van der Waals surface area contributed by atoms with Gasteiger partial charge in [0.15, 0.2) is 0 Å². The van der Waals surface area contributed by atoms with E-state index < -0.39 is 10.0 Å². The number of benzene rings is 2. The Kier molecular flexibility index (Phi) is 6.64. The molecule has 1 amide bonds. The van der Waals surface area contributed by atoms with Crippen LogP contribution in [0.5, 0.6) is 5.75 Å². The molecule has 0 bridgehead atoms. The lowest BCUT2D eigenvalue weighted by Gasteiger charge is -2.33. The minimum absolute atomic E-state index is 0.170. The van der Waals surface area contributed by atoms with Gasteiger partial charge in [-0.1, -0.05) is 13.0 Å². The van der Waals surface area contributed by atoms with E-state index in [0.717, 1.165) is 17.4 Å². The van der Waals surface area contributed by atoms with Crippen molar-refractivity contribution < 1.29 is 17.9 Å². The number of amides is 1. The predicted octanol–water partition coefficient (Wildman–Crippen LogP) is 3.13. The molecule has 0 atom stereocenters. The van der Waals surface area contributed by atoms with Gasteiger partial charge in [-0.05, 0) is 55.9 Å². The maximum Gasteiger partial charge on any atom is 0.257 e. The highest BCUT2D eigenvalue weighted by molar-refractivity contribution is 7.89. The molecule has 1 fully saturated rings. The highest BCUT2D eigenvalue weighted by Gasteiger charge is 2.28. The minimum Gasteiger partial charge on any atom is -0.497 e. The number of hydrogen-bond acceptors (Lipinski definition) is 6. The molecule has 1 aliphatic heterocycles. The zero-order valence-electron chi connectivity index (χ0n) is 19.0. The Balaban J connectivity index is 1.56. The number of nitrogens with zero attached hydrogens (tertiary/aromatic N) is 3. The molecular formula is C24H28N4O4S. The largest absolute Gasteiger partial charge is 0.497 e. The van der Waals surface area contributed by atoms with Crippen molar-refractivity contribution >= 4 is 32.5 Å². The maximum absolute atomic E-state index is 13.1. The maximum atomic E-state index is 13.1. The van der Waals surface area contributed by atoms with Gasteiger partial charge in [0.05, 0.1) is 28.8 Å². The average Bonchev–Trinajstić information content (AvgIpc) is 2.83. The van der Waals surface area contributed by atoms with E-state index in [1.165, 1.54) is 10.4 Å². The fraction of sp³-hybridized carbons (Fsp3) is 0.333. The lowest BCUT2D eigenvalue weighted by molar-refractivity contribution is 0.102. The van der Waals surface area contributed by atoms with Crippen molar-refractivity contribution in [1.29, 1.82) is 0 Å². The first kappa shape index (κ1) is 23.2. The summed E-state index contributed by atoms with van der Waals surface area (Å²) in [6.07, 6.45) is 0. The predicted molar refractivity (Wildman–Crippen MR) is 128 cm³/mol. The first-order valence-corrected chi connectivity index (χ1v) is 12.3. The SMILES string of the molecule is CCN1CCN(S(=O)(=O)c2cccc(NC(=O)c3cc4cc(OC)ccc4nc3C)c2)CC1. The topological polar surface area (TPSA) is 91.8 Å². The number of pyridine rings is 1. The molecule has 2 aromatic carbocycles. The molecule has 8 nitrogen and oxygen atoms in total. The Morgan fingerprint density at radius 3 is 2.55 bits per heavy atom. The molecule has 0 spiro atoms. The summed E-state index contributed by atoms with van der Waals surface area (Å²) in [5.41, 5.74) is 2.18. The second kappa shape index (κ2) is 9.46. The van der Waals surface area contributed by atoms with E-state index >= 15 is 0 Å². The number of anilines is 1. The number of aromatic nitrogens is 1. The van der Waals surface area contributed by atoms with Crippen LogP contribution in [-0.4, -0.2) is 68.3 Å². The van der Waals surface area contributed by atoms with Crippen molar-refractivity contribution in [3.63, 3.8) is 0 Å². The summed E-state index contributed by atoms with van der Waals surface area (Å²) in [5.74, 6) is 0.327. The molecule has 9 heteroatoms. The van der Waals surface area contributed by atoms with Gasteiger partial charge in [0.25, 0.3) is 5.91 Å². The summed E-state index contributed by atoms with van der Waals surface area (Å²) in [5, 5.41) is 3.61. The van der Waals surface area contributed by atoms with E-state index in [1.54, 1.807) is 38.3 Å². The van der Waals surface area contributed by atoms with Gasteiger partial charge in [0, 0.05) is 37.3 Å². The van der Waals surface area contributed by atoms with Gasteiger partial charge < -0.3 is 15.0 Å². The Morgan fingerprint density at radius 1 is 1.09 bits per heavy atom. The number of methoxy groups -OCH3 is 1. The van der Waals surface area contributed by atoms with Crippen LogP contribution < -0.4 is 10.1 Å².